The van der Waals surface area contributed by atoms with Crippen LogP contribution in [0.15, 0.2) is 42.5 Å². The molecule has 4 heteroatoms. The minimum atomic E-state index is 0.455. The Balaban J connectivity index is 1.84. The zero-order valence-electron chi connectivity index (χ0n) is 10.3. The molecule has 18 heavy (non-hydrogen) atoms. The summed E-state index contributed by atoms with van der Waals surface area (Å²) in [6, 6.07) is 13.3. The second kappa shape index (κ2) is 6.02. The van der Waals surface area contributed by atoms with E-state index < -0.39 is 0 Å². The fraction of sp³-hybridized carbons (Fsp3) is 0.214. The summed E-state index contributed by atoms with van der Waals surface area (Å²) in [4.78, 5) is 4.16. The van der Waals surface area contributed by atoms with Gasteiger partial charge in [0.1, 0.15) is 11.6 Å². The van der Waals surface area contributed by atoms with Gasteiger partial charge in [0.05, 0.1) is 26.0 Å². The number of nitrogens with two attached hydrogens (primary N) is 1. The van der Waals surface area contributed by atoms with Gasteiger partial charge in [-0.25, -0.2) is 4.98 Å². The van der Waals surface area contributed by atoms with Crippen molar-refractivity contribution in [3.8, 4) is 5.75 Å². The second-order valence-electron chi connectivity index (χ2n) is 3.89. The van der Waals surface area contributed by atoms with Gasteiger partial charge in [0, 0.05) is 0 Å². The molecular weight excluding hydrogens is 228 g/mol. The molecule has 2 N–H and O–H groups in total. The first-order valence-electron chi connectivity index (χ1n) is 5.70. The summed E-state index contributed by atoms with van der Waals surface area (Å²) in [5.74, 6) is 1.36. The summed E-state index contributed by atoms with van der Waals surface area (Å²) in [5, 5.41) is 0. The number of ether oxygens (including phenoxy) is 2. The lowest BCUT2D eigenvalue weighted by molar-refractivity contribution is 0.104. The zero-order valence-corrected chi connectivity index (χ0v) is 10.3. The molecule has 2 rings (SSSR count). The average molecular weight is 244 g/mol. The van der Waals surface area contributed by atoms with Crippen LogP contribution in [0.2, 0.25) is 0 Å². The van der Waals surface area contributed by atoms with E-state index in [-0.39, 0.29) is 0 Å². The Labute approximate surface area is 106 Å². The van der Waals surface area contributed by atoms with Gasteiger partial charge in [-0.2, -0.15) is 0 Å². The average Bonchev–Trinajstić information content (AvgIpc) is 2.40. The Morgan fingerprint density at radius 2 is 1.83 bits per heavy atom. The van der Waals surface area contributed by atoms with Crippen molar-refractivity contribution < 1.29 is 9.47 Å². The minimum absolute atomic E-state index is 0.455. The predicted octanol–water partition coefficient (Wildman–Crippen LogP) is 2.39. The van der Waals surface area contributed by atoms with Gasteiger partial charge in [-0.05, 0) is 29.8 Å². The number of benzene rings is 1. The maximum atomic E-state index is 5.59. The monoisotopic (exact) mass is 244 g/mol. The van der Waals surface area contributed by atoms with E-state index in [2.05, 4.69) is 4.98 Å². The van der Waals surface area contributed by atoms with Crippen molar-refractivity contribution in [2.75, 3.05) is 12.8 Å². The van der Waals surface area contributed by atoms with Gasteiger partial charge >= 0.3 is 0 Å². The van der Waals surface area contributed by atoms with E-state index in [0.717, 1.165) is 17.0 Å². The Morgan fingerprint density at radius 3 is 2.50 bits per heavy atom. The molecule has 2 aromatic rings. The van der Waals surface area contributed by atoms with Gasteiger partial charge in [0.25, 0.3) is 0 Å². The van der Waals surface area contributed by atoms with Crippen LogP contribution in [0.25, 0.3) is 0 Å². The highest BCUT2D eigenvalue weighted by atomic mass is 16.5. The highest BCUT2D eigenvalue weighted by Gasteiger charge is 1.98. The molecule has 0 radical (unpaired) electrons. The number of aromatic nitrogens is 1. The Kier molecular flexibility index (Phi) is 4.15. The first-order valence-corrected chi connectivity index (χ1v) is 5.70. The van der Waals surface area contributed by atoms with Crippen molar-refractivity contribution in [2.24, 2.45) is 0 Å². The molecule has 0 aliphatic rings. The predicted molar refractivity (Wildman–Crippen MR) is 70.1 cm³/mol. The number of pyridine rings is 1. The Hall–Kier alpha value is -2.07. The van der Waals surface area contributed by atoms with Crippen LogP contribution in [0.3, 0.4) is 0 Å². The molecule has 94 valence electrons. The van der Waals surface area contributed by atoms with E-state index >= 15 is 0 Å². The molecule has 0 amide bonds. The molecule has 4 nitrogen and oxygen atoms in total. The van der Waals surface area contributed by atoms with E-state index in [4.69, 9.17) is 15.2 Å². The Bertz CT molecular complexity index is 497. The number of nitrogens with zero attached hydrogens (tertiary/aromatic N) is 1. The van der Waals surface area contributed by atoms with Gasteiger partial charge < -0.3 is 15.2 Å². The highest BCUT2D eigenvalue weighted by molar-refractivity contribution is 5.28. The van der Waals surface area contributed by atoms with Gasteiger partial charge in [-0.15, -0.1) is 0 Å². The van der Waals surface area contributed by atoms with Gasteiger partial charge in [0.15, 0.2) is 0 Å². The fourth-order valence-electron chi connectivity index (χ4n) is 1.57. The number of nitrogen functional groups attached to an aromatic ring is 1. The number of methoxy groups -OCH3 is 1. The van der Waals surface area contributed by atoms with E-state index in [1.807, 2.05) is 36.4 Å². The van der Waals surface area contributed by atoms with E-state index in [0.29, 0.717) is 19.0 Å². The van der Waals surface area contributed by atoms with Crippen LogP contribution >= 0.6 is 0 Å². The van der Waals surface area contributed by atoms with Crippen molar-refractivity contribution in [3.05, 3.63) is 53.7 Å². The third-order valence-corrected chi connectivity index (χ3v) is 2.51. The maximum absolute atomic E-state index is 5.59. The molecular formula is C14H16N2O2. The molecule has 0 saturated carbocycles. The van der Waals surface area contributed by atoms with Gasteiger partial charge in [-0.1, -0.05) is 18.2 Å². The highest BCUT2D eigenvalue weighted by Crippen LogP contribution is 2.12. The first kappa shape index (κ1) is 12.4. The second-order valence-corrected chi connectivity index (χ2v) is 3.89. The molecule has 0 spiro atoms. The number of anilines is 1. The number of rotatable bonds is 5. The number of hydrogen-bond donors (Lipinski definition) is 1. The normalized spacial score (nSPS) is 10.3. The number of hydrogen-bond acceptors (Lipinski definition) is 4. The van der Waals surface area contributed by atoms with Crippen LogP contribution < -0.4 is 10.5 Å². The maximum Gasteiger partial charge on any atom is 0.123 e. The molecule has 0 atom stereocenters. The van der Waals surface area contributed by atoms with Crippen molar-refractivity contribution >= 4 is 5.82 Å². The smallest absolute Gasteiger partial charge is 0.123 e. The van der Waals surface area contributed by atoms with Crippen LogP contribution in [0, 0.1) is 0 Å². The van der Waals surface area contributed by atoms with E-state index in [9.17, 15) is 0 Å². The first-order chi connectivity index (χ1) is 8.78. The summed E-state index contributed by atoms with van der Waals surface area (Å²) in [6.07, 6.45) is 0. The van der Waals surface area contributed by atoms with Crippen LogP contribution in [0.1, 0.15) is 11.3 Å². The third-order valence-electron chi connectivity index (χ3n) is 2.51. The molecule has 0 aliphatic carbocycles. The van der Waals surface area contributed by atoms with Crippen LogP contribution in [0.5, 0.6) is 5.75 Å². The molecule has 0 aliphatic heterocycles. The van der Waals surface area contributed by atoms with Gasteiger partial charge in [0.2, 0.25) is 0 Å². The summed E-state index contributed by atoms with van der Waals surface area (Å²) >= 11 is 0. The molecule has 0 bridgehead atoms. The van der Waals surface area contributed by atoms with Crippen molar-refractivity contribution in [1.82, 2.24) is 4.98 Å². The fourth-order valence-corrected chi connectivity index (χ4v) is 1.57. The lowest BCUT2D eigenvalue weighted by atomic mass is 10.2. The summed E-state index contributed by atoms with van der Waals surface area (Å²) < 4.78 is 10.7. The quantitative estimate of drug-likeness (QED) is 0.877. The van der Waals surface area contributed by atoms with Crippen molar-refractivity contribution in [3.63, 3.8) is 0 Å². The van der Waals surface area contributed by atoms with Crippen LogP contribution in [0.4, 0.5) is 5.82 Å². The minimum Gasteiger partial charge on any atom is -0.497 e. The third kappa shape index (κ3) is 3.46. The summed E-state index contributed by atoms with van der Waals surface area (Å²) in [7, 11) is 1.65. The van der Waals surface area contributed by atoms with Crippen LogP contribution in [-0.2, 0) is 18.0 Å². The van der Waals surface area contributed by atoms with Gasteiger partial charge in [-0.3, -0.25) is 0 Å². The van der Waals surface area contributed by atoms with Crippen molar-refractivity contribution in [2.45, 2.75) is 13.2 Å². The lowest BCUT2D eigenvalue weighted by Gasteiger charge is -2.05. The SMILES string of the molecule is COc1ccc(COCc2cccc(N)n2)cc1. The molecule has 1 heterocycles. The molecule has 1 aromatic heterocycles. The van der Waals surface area contributed by atoms with E-state index in [1.165, 1.54) is 0 Å². The molecule has 0 saturated heterocycles. The standard InChI is InChI=1S/C14H16N2O2/c1-17-13-7-5-11(6-8-13)9-18-10-12-3-2-4-14(15)16-12/h2-8H,9-10H2,1H3,(H2,15,16). The molecule has 1 aromatic carbocycles. The van der Waals surface area contributed by atoms with Crippen molar-refractivity contribution in [1.29, 1.82) is 0 Å². The van der Waals surface area contributed by atoms with E-state index in [1.54, 1.807) is 13.2 Å². The van der Waals surface area contributed by atoms with Crippen LogP contribution in [-0.4, -0.2) is 12.1 Å². The topological polar surface area (TPSA) is 57.4 Å². The summed E-state index contributed by atoms with van der Waals surface area (Å²) in [5.41, 5.74) is 7.53. The molecule has 0 fully saturated rings. The Morgan fingerprint density at radius 1 is 1.06 bits per heavy atom. The summed E-state index contributed by atoms with van der Waals surface area (Å²) in [6.45, 7) is 0.998. The zero-order chi connectivity index (χ0) is 12.8. The lowest BCUT2D eigenvalue weighted by Crippen LogP contribution is -1.99. The molecule has 0 unspecified atom stereocenters. The largest absolute Gasteiger partial charge is 0.497 e.